The predicted octanol–water partition coefficient (Wildman–Crippen LogP) is 4.69. The summed E-state index contributed by atoms with van der Waals surface area (Å²) >= 11 is 1.49. The SMILES string of the molecule is CCc1cccc(C)c1NC(=O)[C@@H](C)Sc1ccc(OC)c(OC)c1. The van der Waals surface area contributed by atoms with Gasteiger partial charge in [0.25, 0.3) is 0 Å². The summed E-state index contributed by atoms with van der Waals surface area (Å²) in [7, 11) is 3.21. The molecule has 0 saturated heterocycles. The van der Waals surface area contributed by atoms with Crippen LogP contribution in [0.25, 0.3) is 0 Å². The molecule has 0 heterocycles. The van der Waals surface area contributed by atoms with Crippen LogP contribution < -0.4 is 14.8 Å². The maximum atomic E-state index is 12.6. The Balaban J connectivity index is 2.11. The number of carbonyl (C=O) groups is 1. The maximum Gasteiger partial charge on any atom is 0.237 e. The molecule has 2 aromatic carbocycles. The fourth-order valence-electron chi connectivity index (χ4n) is 2.57. The smallest absolute Gasteiger partial charge is 0.237 e. The van der Waals surface area contributed by atoms with Gasteiger partial charge >= 0.3 is 0 Å². The standard InChI is InChI=1S/C20H25NO3S/c1-6-15-9-7-8-13(2)19(15)21-20(22)14(3)25-16-10-11-17(23-4)18(12-16)24-5/h7-12,14H,6H2,1-5H3,(H,21,22)/t14-/m1/s1. The first-order valence-corrected chi connectivity index (χ1v) is 9.16. The lowest BCUT2D eigenvalue weighted by Crippen LogP contribution is -2.23. The van der Waals surface area contributed by atoms with Crippen molar-refractivity contribution in [1.82, 2.24) is 0 Å². The molecule has 0 spiro atoms. The van der Waals surface area contributed by atoms with Gasteiger partial charge in [-0.3, -0.25) is 4.79 Å². The summed E-state index contributed by atoms with van der Waals surface area (Å²) in [5.74, 6) is 1.33. The molecule has 5 heteroatoms. The summed E-state index contributed by atoms with van der Waals surface area (Å²) in [6.07, 6.45) is 0.883. The number of carbonyl (C=O) groups excluding carboxylic acids is 1. The molecule has 0 radical (unpaired) electrons. The van der Waals surface area contributed by atoms with E-state index in [0.717, 1.165) is 28.1 Å². The Morgan fingerprint density at radius 3 is 2.52 bits per heavy atom. The zero-order chi connectivity index (χ0) is 18.4. The number of amides is 1. The molecule has 2 aromatic rings. The van der Waals surface area contributed by atoms with Crippen LogP contribution in [-0.2, 0) is 11.2 Å². The van der Waals surface area contributed by atoms with Crippen LogP contribution in [-0.4, -0.2) is 25.4 Å². The summed E-state index contributed by atoms with van der Waals surface area (Å²) in [6.45, 7) is 6.01. The van der Waals surface area contributed by atoms with E-state index < -0.39 is 0 Å². The van der Waals surface area contributed by atoms with Crippen molar-refractivity contribution in [2.75, 3.05) is 19.5 Å². The van der Waals surface area contributed by atoms with Crippen molar-refractivity contribution in [2.45, 2.75) is 37.3 Å². The fraction of sp³-hybridized carbons (Fsp3) is 0.350. The van der Waals surface area contributed by atoms with Gasteiger partial charge in [0.15, 0.2) is 11.5 Å². The first-order valence-electron chi connectivity index (χ1n) is 8.28. The summed E-state index contributed by atoms with van der Waals surface area (Å²) in [5.41, 5.74) is 3.16. The average Bonchev–Trinajstić information content (AvgIpc) is 2.62. The number of nitrogens with one attached hydrogen (secondary N) is 1. The van der Waals surface area contributed by atoms with Gasteiger partial charge in [0, 0.05) is 10.6 Å². The number of methoxy groups -OCH3 is 2. The van der Waals surface area contributed by atoms with Crippen LogP contribution in [0.5, 0.6) is 11.5 Å². The second kappa shape index (κ2) is 8.81. The highest BCUT2D eigenvalue weighted by molar-refractivity contribution is 8.00. The molecule has 0 fully saturated rings. The number of anilines is 1. The molecule has 0 unspecified atom stereocenters. The van der Waals surface area contributed by atoms with E-state index >= 15 is 0 Å². The van der Waals surface area contributed by atoms with Gasteiger partial charge in [-0.05, 0) is 49.6 Å². The quantitative estimate of drug-likeness (QED) is 0.728. The molecule has 4 nitrogen and oxygen atoms in total. The average molecular weight is 359 g/mol. The van der Waals surface area contributed by atoms with Gasteiger partial charge in [0.05, 0.1) is 19.5 Å². The number of hydrogen-bond acceptors (Lipinski definition) is 4. The third-order valence-electron chi connectivity index (χ3n) is 4.03. The molecule has 2 rings (SSSR count). The number of rotatable bonds is 7. The zero-order valence-corrected chi connectivity index (χ0v) is 16.2. The highest BCUT2D eigenvalue weighted by atomic mass is 32.2. The normalized spacial score (nSPS) is 11.7. The van der Waals surface area contributed by atoms with Crippen molar-refractivity contribution in [2.24, 2.45) is 0 Å². The minimum Gasteiger partial charge on any atom is -0.493 e. The van der Waals surface area contributed by atoms with Crippen molar-refractivity contribution >= 4 is 23.4 Å². The lowest BCUT2D eigenvalue weighted by molar-refractivity contribution is -0.115. The van der Waals surface area contributed by atoms with Crippen molar-refractivity contribution in [1.29, 1.82) is 0 Å². The minimum absolute atomic E-state index is 0.0104. The Hall–Kier alpha value is -2.14. The Bertz CT molecular complexity index is 746. The van der Waals surface area contributed by atoms with Crippen LogP contribution in [0.2, 0.25) is 0 Å². The van der Waals surface area contributed by atoms with E-state index in [-0.39, 0.29) is 11.2 Å². The number of benzene rings is 2. The highest BCUT2D eigenvalue weighted by Crippen LogP contribution is 2.34. The first-order chi connectivity index (χ1) is 12.0. The molecule has 134 valence electrons. The monoisotopic (exact) mass is 359 g/mol. The lowest BCUT2D eigenvalue weighted by Gasteiger charge is -2.17. The van der Waals surface area contributed by atoms with Crippen LogP contribution in [0.3, 0.4) is 0 Å². The van der Waals surface area contributed by atoms with Crippen LogP contribution >= 0.6 is 11.8 Å². The van der Waals surface area contributed by atoms with Gasteiger partial charge in [-0.15, -0.1) is 11.8 Å². The second-order valence-corrected chi connectivity index (χ2v) is 7.14. The van der Waals surface area contributed by atoms with Crippen LogP contribution in [0.15, 0.2) is 41.3 Å². The highest BCUT2D eigenvalue weighted by Gasteiger charge is 2.17. The number of para-hydroxylation sites is 1. The summed E-state index contributed by atoms with van der Waals surface area (Å²) < 4.78 is 10.6. The van der Waals surface area contributed by atoms with Crippen LogP contribution in [0.1, 0.15) is 25.0 Å². The minimum atomic E-state index is -0.234. The van der Waals surface area contributed by atoms with E-state index in [4.69, 9.17) is 9.47 Å². The molecular formula is C20H25NO3S. The largest absolute Gasteiger partial charge is 0.493 e. The van der Waals surface area contributed by atoms with E-state index in [2.05, 4.69) is 18.3 Å². The topological polar surface area (TPSA) is 47.6 Å². The fourth-order valence-corrected chi connectivity index (χ4v) is 3.47. The maximum absolute atomic E-state index is 12.6. The Morgan fingerprint density at radius 1 is 1.16 bits per heavy atom. The molecule has 0 saturated carbocycles. The first kappa shape index (κ1) is 19.2. The molecule has 25 heavy (non-hydrogen) atoms. The number of hydrogen-bond donors (Lipinski definition) is 1. The van der Waals surface area contributed by atoms with Gasteiger partial charge in [-0.1, -0.05) is 25.1 Å². The Kier molecular flexibility index (Phi) is 6.76. The number of aryl methyl sites for hydroxylation is 2. The Morgan fingerprint density at radius 2 is 1.88 bits per heavy atom. The third kappa shape index (κ3) is 4.69. The van der Waals surface area contributed by atoms with E-state index in [1.54, 1.807) is 14.2 Å². The molecular weight excluding hydrogens is 334 g/mol. The summed E-state index contributed by atoms with van der Waals surface area (Å²) in [4.78, 5) is 13.6. The molecule has 0 aliphatic rings. The molecule has 1 N–H and O–H groups in total. The summed E-state index contributed by atoms with van der Waals surface area (Å²) in [6, 6.07) is 11.8. The van der Waals surface area contributed by atoms with Crippen molar-refractivity contribution in [3.05, 3.63) is 47.5 Å². The van der Waals surface area contributed by atoms with E-state index in [1.165, 1.54) is 11.8 Å². The van der Waals surface area contributed by atoms with Gasteiger partial charge < -0.3 is 14.8 Å². The van der Waals surface area contributed by atoms with Crippen molar-refractivity contribution in [3.63, 3.8) is 0 Å². The molecule has 0 bridgehead atoms. The summed E-state index contributed by atoms with van der Waals surface area (Å²) in [5, 5.41) is 2.85. The molecule has 0 aliphatic carbocycles. The Labute approximate surface area is 153 Å². The molecule has 0 aromatic heterocycles. The van der Waals surface area contributed by atoms with Gasteiger partial charge in [0.2, 0.25) is 5.91 Å². The second-order valence-electron chi connectivity index (χ2n) is 5.73. The van der Waals surface area contributed by atoms with Gasteiger partial charge in [-0.25, -0.2) is 0 Å². The van der Waals surface area contributed by atoms with Gasteiger partial charge in [0.1, 0.15) is 0 Å². The van der Waals surface area contributed by atoms with Crippen molar-refractivity contribution in [3.8, 4) is 11.5 Å². The van der Waals surface area contributed by atoms with E-state index in [9.17, 15) is 4.79 Å². The predicted molar refractivity (Wildman–Crippen MR) is 104 cm³/mol. The van der Waals surface area contributed by atoms with Crippen LogP contribution in [0.4, 0.5) is 5.69 Å². The molecule has 1 atom stereocenters. The van der Waals surface area contributed by atoms with E-state index in [0.29, 0.717) is 11.5 Å². The number of ether oxygens (including phenoxy) is 2. The number of thioether (sulfide) groups is 1. The zero-order valence-electron chi connectivity index (χ0n) is 15.4. The lowest BCUT2D eigenvalue weighted by atomic mass is 10.1. The molecule has 0 aliphatic heterocycles. The van der Waals surface area contributed by atoms with Crippen LogP contribution in [0, 0.1) is 6.92 Å². The van der Waals surface area contributed by atoms with Crippen molar-refractivity contribution < 1.29 is 14.3 Å². The molecule has 1 amide bonds. The van der Waals surface area contributed by atoms with E-state index in [1.807, 2.05) is 44.2 Å². The van der Waals surface area contributed by atoms with Gasteiger partial charge in [-0.2, -0.15) is 0 Å². The third-order valence-corrected chi connectivity index (χ3v) is 5.12.